The number of hydrogen-bond acceptors (Lipinski definition) is 1. The summed E-state index contributed by atoms with van der Waals surface area (Å²) < 4.78 is 37.3. The highest BCUT2D eigenvalue weighted by atomic mass is 19.4. The third kappa shape index (κ3) is 3.72. The van der Waals surface area contributed by atoms with E-state index in [9.17, 15) is 18.0 Å². The molecule has 1 saturated carbocycles. The second kappa shape index (κ2) is 4.86. The minimum Gasteiger partial charge on any atom is -0.359 e. The van der Waals surface area contributed by atoms with Gasteiger partial charge in [0.2, 0.25) is 5.91 Å². The van der Waals surface area contributed by atoms with Crippen LogP contribution in [0, 0.1) is 11.8 Å². The molecule has 1 aliphatic carbocycles. The zero-order chi connectivity index (χ0) is 11.5. The normalized spacial score (nSPS) is 27.5. The van der Waals surface area contributed by atoms with Gasteiger partial charge in [-0.05, 0) is 25.2 Å². The van der Waals surface area contributed by atoms with Crippen LogP contribution in [-0.4, -0.2) is 19.1 Å². The van der Waals surface area contributed by atoms with Gasteiger partial charge in [0.25, 0.3) is 0 Å². The SMILES string of the molecule is CNC(=O)CC1CCCC(C(F)(F)F)C1. The van der Waals surface area contributed by atoms with Gasteiger partial charge < -0.3 is 5.32 Å². The molecule has 2 unspecified atom stereocenters. The summed E-state index contributed by atoms with van der Waals surface area (Å²) in [6, 6.07) is 0. The number of carbonyl (C=O) groups excluding carboxylic acids is 1. The summed E-state index contributed by atoms with van der Waals surface area (Å²) >= 11 is 0. The van der Waals surface area contributed by atoms with Crippen LogP contribution in [0.5, 0.6) is 0 Å². The summed E-state index contributed by atoms with van der Waals surface area (Å²) in [6.07, 6.45) is -2.24. The minimum atomic E-state index is -4.10. The molecule has 2 nitrogen and oxygen atoms in total. The molecule has 1 rings (SSSR count). The summed E-state index contributed by atoms with van der Waals surface area (Å²) in [6.45, 7) is 0. The van der Waals surface area contributed by atoms with Gasteiger partial charge in [0, 0.05) is 13.5 Å². The molecule has 0 aromatic carbocycles. The first kappa shape index (κ1) is 12.3. The van der Waals surface area contributed by atoms with Crippen molar-refractivity contribution in [2.24, 2.45) is 11.8 Å². The molecule has 1 N–H and O–H groups in total. The summed E-state index contributed by atoms with van der Waals surface area (Å²) in [5.74, 6) is -1.48. The summed E-state index contributed by atoms with van der Waals surface area (Å²) in [5, 5.41) is 2.45. The van der Waals surface area contributed by atoms with Gasteiger partial charge in [-0.3, -0.25) is 4.79 Å². The average molecular weight is 223 g/mol. The van der Waals surface area contributed by atoms with Crippen LogP contribution in [0.25, 0.3) is 0 Å². The summed E-state index contributed by atoms with van der Waals surface area (Å²) in [7, 11) is 1.51. The van der Waals surface area contributed by atoms with Gasteiger partial charge in [-0.25, -0.2) is 0 Å². The Morgan fingerprint density at radius 2 is 2.07 bits per heavy atom. The number of alkyl halides is 3. The Hall–Kier alpha value is -0.740. The predicted octanol–water partition coefficient (Wildman–Crippen LogP) is 2.49. The molecular formula is C10H16F3NO. The lowest BCUT2D eigenvalue weighted by Gasteiger charge is -2.30. The van der Waals surface area contributed by atoms with Crippen LogP contribution in [0.3, 0.4) is 0 Å². The molecule has 0 spiro atoms. The Balaban J connectivity index is 2.46. The first-order chi connectivity index (χ1) is 6.93. The molecule has 0 aliphatic heterocycles. The summed E-state index contributed by atoms with van der Waals surface area (Å²) in [5.41, 5.74) is 0. The number of rotatable bonds is 2. The van der Waals surface area contributed by atoms with Crippen LogP contribution < -0.4 is 5.32 Å². The fourth-order valence-corrected chi connectivity index (χ4v) is 2.14. The van der Waals surface area contributed by atoms with E-state index in [0.29, 0.717) is 6.42 Å². The molecule has 0 radical (unpaired) electrons. The van der Waals surface area contributed by atoms with Gasteiger partial charge in [0.1, 0.15) is 0 Å². The monoisotopic (exact) mass is 223 g/mol. The van der Waals surface area contributed by atoms with Gasteiger partial charge in [-0.2, -0.15) is 13.2 Å². The molecule has 0 aromatic rings. The van der Waals surface area contributed by atoms with Crippen molar-refractivity contribution in [2.45, 2.75) is 38.3 Å². The highest BCUT2D eigenvalue weighted by Gasteiger charge is 2.42. The van der Waals surface area contributed by atoms with Crippen molar-refractivity contribution in [2.75, 3.05) is 7.05 Å². The van der Waals surface area contributed by atoms with Crippen molar-refractivity contribution in [3.8, 4) is 0 Å². The predicted molar refractivity (Wildman–Crippen MR) is 50.2 cm³/mol. The number of nitrogens with one attached hydrogen (secondary N) is 1. The molecule has 1 amide bonds. The Kier molecular flexibility index (Phi) is 3.99. The Morgan fingerprint density at radius 1 is 1.40 bits per heavy atom. The van der Waals surface area contributed by atoms with E-state index in [4.69, 9.17) is 0 Å². The number of hydrogen-bond donors (Lipinski definition) is 1. The van der Waals surface area contributed by atoms with Crippen molar-refractivity contribution < 1.29 is 18.0 Å². The molecule has 2 atom stereocenters. The molecule has 15 heavy (non-hydrogen) atoms. The van der Waals surface area contributed by atoms with Gasteiger partial charge in [0.05, 0.1) is 5.92 Å². The molecule has 88 valence electrons. The van der Waals surface area contributed by atoms with Crippen molar-refractivity contribution >= 4 is 5.91 Å². The fourth-order valence-electron chi connectivity index (χ4n) is 2.14. The van der Waals surface area contributed by atoms with Crippen LogP contribution in [0.4, 0.5) is 13.2 Å². The van der Waals surface area contributed by atoms with E-state index in [-0.39, 0.29) is 31.1 Å². The molecular weight excluding hydrogens is 207 g/mol. The van der Waals surface area contributed by atoms with Gasteiger partial charge >= 0.3 is 6.18 Å². The fraction of sp³-hybridized carbons (Fsp3) is 0.900. The van der Waals surface area contributed by atoms with Crippen LogP contribution in [0.2, 0.25) is 0 Å². The lowest BCUT2D eigenvalue weighted by molar-refractivity contribution is -0.186. The lowest BCUT2D eigenvalue weighted by atomic mass is 9.79. The third-order valence-electron chi connectivity index (χ3n) is 3.00. The van der Waals surface area contributed by atoms with Crippen LogP contribution in [0.15, 0.2) is 0 Å². The Bertz CT molecular complexity index is 227. The first-order valence-electron chi connectivity index (χ1n) is 5.20. The number of halogens is 3. The molecule has 0 saturated heterocycles. The highest BCUT2D eigenvalue weighted by Crippen LogP contribution is 2.40. The van der Waals surface area contributed by atoms with E-state index in [2.05, 4.69) is 5.32 Å². The molecule has 1 fully saturated rings. The molecule has 5 heteroatoms. The van der Waals surface area contributed by atoms with E-state index in [1.54, 1.807) is 0 Å². The van der Waals surface area contributed by atoms with E-state index in [1.165, 1.54) is 7.05 Å². The van der Waals surface area contributed by atoms with E-state index in [1.807, 2.05) is 0 Å². The van der Waals surface area contributed by atoms with E-state index >= 15 is 0 Å². The maximum absolute atomic E-state index is 12.4. The zero-order valence-electron chi connectivity index (χ0n) is 8.73. The topological polar surface area (TPSA) is 29.1 Å². The Labute approximate surface area is 87.2 Å². The zero-order valence-corrected chi connectivity index (χ0v) is 8.73. The maximum Gasteiger partial charge on any atom is 0.391 e. The molecule has 1 aliphatic rings. The molecule has 0 bridgehead atoms. The van der Waals surface area contributed by atoms with Crippen molar-refractivity contribution in [1.29, 1.82) is 0 Å². The van der Waals surface area contributed by atoms with Crippen molar-refractivity contribution in [3.63, 3.8) is 0 Å². The smallest absolute Gasteiger partial charge is 0.359 e. The maximum atomic E-state index is 12.4. The van der Waals surface area contributed by atoms with Crippen molar-refractivity contribution in [1.82, 2.24) is 5.32 Å². The van der Waals surface area contributed by atoms with Gasteiger partial charge in [0.15, 0.2) is 0 Å². The first-order valence-corrected chi connectivity index (χ1v) is 5.20. The van der Waals surface area contributed by atoms with Gasteiger partial charge in [-0.15, -0.1) is 0 Å². The van der Waals surface area contributed by atoms with Crippen LogP contribution in [-0.2, 0) is 4.79 Å². The molecule has 0 aromatic heterocycles. The largest absolute Gasteiger partial charge is 0.391 e. The quantitative estimate of drug-likeness (QED) is 0.765. The molecule has 0 heterocycles. The van der Waals surface area contributed by atoms with E-state index < -0.39 is 12.1 Å². The van der Waals surface area contributed by atoms with Crippen molar-refractivity contribution in [3.05, 3.63) is 0 Å². The van der Waals surface area contributed by atoms with Crippen LogP contribution >= 0.6 is 0 Å². The Morgan fingerprint density at radius 3 is 2.60 bits per heavy atom. The number of carbonyl (C=O) groups is 1. The van der Waals surface area contributed by atoms with Gasteiger partial charge in [-0.1, -0.05) is 6.42 Å². The van der Waals surface area contributed by atoms with Crippen LogP contribution in [0.1, 0.15) is 32.1 Å². The lowest BCUT2D eigenvalue weighted by Crippen LogP contribution is -2.31. The minimum absolute atomic E-state index is 0.106. The second-order valence-corrected chi connectivity index (χ2v) is 4.15. The third-order valence-corrected chi connectivity index (χ3v) is 3.00. The highest BCUT2D eigenvalue weighted by molar-refractivity contribution is 5.75. The summed E-state index contributed by atoms with van der Waals surface area (Å²) in [4.78, 5) is 11.0. The number of amides is 1. The average Bonchev–Trinajstić information content (AvgIpc) is 2.17. The van der Waals surface area contributed by atoms with E-state index in [0.717, 1.165) is 6.42 Å². The standard InChI is InChI=1S/C10H16F3NO/c1-14-9(15)6-7-3-2-4-8(5-7)10(11,12)13/h7-8H,2-6H2,1H3,(H,14,15). The second-order valence-electron chi connectivity index (χ2n) is 4.15.